The number of anilines is 2. The van der Waals surface area contributed by atoms with Gasteiger partial charge < -0.3 is 24.3 Å². The van der Waals surface area contributed by atoms with Crippen LogP contribution in [0.2, 0.25) is 5.02 Å². The zero-order valence-electron chi connectivity index (χ0n) is 22.4. The molecule has 0 saturated carbocycles. The first-order valence-corrected chi connectivity index (χ1v) is 13.5. The topological polar surface area (TPSA) is 92.1 Å². The van der Waals surface area contributed by atoms with Gasteiger partial charge >= 0.3 is 5.97 Å². The second-order valence-corrected chi connectivity index (χ2v) is 9.84. The Morgan fingerprint density at radius 1 is 0.878 bits per heavy atom. The number of halogens is 1. The molecule has 9 heteroatoms. The monoisotopic (exact) mass is 569 g/mol. The van der Waals surface area contributed by atoms with E-state index in [1.165, 1.54) is 13.2 Å². The minimum absolute atomic E-state index is 0.0119. The van der Waals surface area contributed by atoms with E-state index in [0.717, 1.165) is 11.3 Å². The number of esters is 1. The predicted octanol–water partition coefficient (Wildman–Crippen LogP) is 6.00. The van der Waals surface area contributed by atoms with Gasteiger partial charge in [0.1, 0.15) is 11.5 Å². The zero-order valence-corrected chi connectivity index (χ0v) is 23.1. The molecule has 1 aliphatic heterocycles. The molecule has 2 amide bonds. The summed E-state index contributed by atoms with van der Waals surface area (Å²) in [6, 6.07) is 25.1. The third-order valence-corrected chi connectivity index (χ3v) is 7.01. The van der Waals surface area contributed by atoms with E-state index in [9.17, 15) is 14.4 Å². The number of hydrogen-bond acceptors (Lipinski definition) is 6. The molecule has 2 heterocycles. The molecule has 0 spiro atoms. The molecular formula is C32H28ClN3O5. The van der Waals surface area contributed by atoms with Crippen molar-refractivity contribution >= 4 is 46.8 Å². The van der Waals surface area contributed by atoms with Gasteiger partial charge in [-0.05, 0) is 72.8 Å². The first-order chi connectivity index (χ1) is 19.9. The summed E-state index contributed by atoms with van der Waals surface area (Å²) in [5.41, 5.74) is 3.04. The molecule has 1 saturated heterocycles. The third kappa shape index (κ3) is 6.67. The molecule has 8 nitrogen and oxygen atoms in total. The van der Waals surface area contributed by atoms with Gasteiger partial charge in [0.15, 0.2) is 0 Å². The summed E-state index contributed by atoms with van der Waals surface area (Å²) < 4.78 is 10.7. The lowest BCUT2D eigenvalue weighted by atomic mass is 10.1. The van der Waals surface area contributed by atoms with Crippen LogP contribution in [-0.2, 0) is 9.53 Å². The lowest BCUT2D eigenvalue weighted by molar-refractivity contribution is -0.111. The molecule has 0 aliphatic carbocycles. The fraction of sp³-hybridized carbons (Fsp3) is 0.156. The number of ether oxygens (including phenoxy) is 1. The highest BCUT2D eigenvalue weighted by molar-refractivity contribution is 6.30. The zero-order chi connectivity index (χ0) is 28.8. The first-order valence-electron chi connectivity index (χ1n) is 13.1. The van der Waals surface area contributed by atoms with Crippen LogP contribution < -0.4 is 10.2 Å². The summed E-state index contributed by atoms with van der Waals surface area (Å²) >= 11 is 5.96. The van der Waals surface area contributed by atoms with Crippen molar-refractivity contribution in [3.63, 3.8) is 0 Å². The van der Waals surface area contributed by atoms with E-state index in [1.54, 1.807) is 42.5 Å². The van der Waals surface area contributed by atoms with E-state index in [0.29, 0.717) is 59.5 Å². The van der Waals surface area contributed by atoms with E-state index < -0.39 is 11.9 Å². The van der Waals surface area contributed by atoms with Gasteiger partial charge in [0.05, 0.1) is 24.0 Å². The van der Waals surface area contributed by atoms with Gasteiger partial charge in [-0.2, -0.15) is 0 Å². The highest BCUT2D eigenvalue weighted by atomic mass is 35.5. The largest absolute Gasteiger partial charge is 0.465 e. The predicted molar refractivity (Wildman–Crippen MR) is 159 cm³/mol. The Kier molecular flexibility index (Phi) is 8.50. The highest BCUT2D eigenvalue weighted by Crippen LogP contribution is 2.29. The maximum atomic E-state index is 12.9. The molecule has 0 atom stereocenters. The minimum atomic E-state index is -0.508. The van der Waals surface area contributed by atoms with E-state index >= 15 is 0 Å². The lowest BCUT2D eigenvalue weighted by Crippen LogP contribution is -2.49. The molecule has 41 heavy (non-hydrogen) atoms. The van der Waals surface area contributed by atoms with Crippen molar-refractivity contribution in [3.05, 3.63) is 113 Å². The van der Waals surface area contributed by atoms with Gasteiger partial charge in [0.25, 0.3) is 5.91 Å². The van der Waals surface area contributed by atoms with Crippen LogP contribution in [-0.4, -0.2) is 56.0 Å². The number of carbonyl (C=O) groups is 3. The first kappa shape index (κ1) is 27.7. The van der Waals surface area contributed by atoms with Crippen LogP contribution in [0.5, 0.6) is 0 Å². The average Bonchev–Trinajstić information content (AvgIpc) is 3.49. The van der Waals surface area contributed by atoms with Crippen molar-refractivity contribution in [2.75, 3.05) is 43.5 Å². The van der Waals surface area contributed by atoms with Crippen molar-refractivity contribution in [1.82, 2.24) is 4.90 Å². The van der Waals surface area contributed by atoms with Crippen molar-refractivity contribution in [1.29, 1.82) is 0 Å². The van der Waals surface area contributed by atoms with Gasteiger partial charge in [0, 0.05) is 48.4 Å². The Hall–Kier alpha value is -4.82. The molecule has 1 aliphatic rings. The van der Waals surface area contributed by atoms with E-state index in [-0.39, 0.29) is 5.91 Å². The van der Waals surface area contributed by atoms with Crippen molar-refractivity contribution in [3.8, 4) is 11.3 Å². The SMILES string of the molecule is COC(=O)c1ccc(N2CCN(C(=O)c3ccccc3)CC2)c(NC(=O)/C=C/c2ccc(-c3ccc(Cl)cc3)o2)c1. The Balaban J connectivity index is 1.29. The Bertz CT molecular complexity index is 1570. The van der Waals surface area contributed by atoms with Crippen LogP contribution in [0.25, 0.3) is 17.4 Å². The molecule has 4 aromatic rings. The summed E-state index contributed by atoms with van der Waals surface area (Å²) in [6.07, 6.45) is 2.95. The standard InChI is InChI=1S/C32H28ClN3O5/c1-40-32(39)24-9-14-28(35-17-19-36(20-18-35)31(38)23-5-3-2-4-6-23)27(21-24)34-30(37)16-13-26-12-15-29(41-26)22-7-10-25(33)11-8-22/h2-16,21H,17-20H2,1H3,(H,34,37)/b16-13+. The molecule has 0 unspecified atom stereocenters. The van der Waals surface area contributed by atoms with Crippen molar-refractivity contribution in [2.24, 2.45) is 0 Å². The Labute approximate surface area is 242 Å². The number of nitrogens with one attached hydrogen (secondary N) is 1. The smallest absolute Gasteiger partial charge is 0.337 e. The molecule has 3 aromatic carbocycles. The number of furan rings is 1. The average molecular weight is 570 g/mol. The number of benzene rings is 3. The van der Waals surface area contributed by atoms with Gasteiger partial charge in [-0.1, -0.05) is 29.8 Å². The normalized spacial score (nSPS) is 13.3. The summed E-state index contributed by atoms with van der Waals surface area (Å²) in [5.74, 6) is 0.247. The van der Waals surface area contributed by atoms with E-state index in [4.69, 9.17) is 20.8 Å². The van der Waals surface area contributed by atoms with Gasteiger partial charge in [0.2, 0.25) is 5.91 Å². The maximum absolute atomic E-state index is 12.9. The number of rotatable bonds is 7. The fourth-order valence-corrected chi connectivity index (χ4v) is 4.74. The molecule has 208 valence electrons. The molecular weight excluding hydrogens is 542 g/mol. The van der Waals surface area contributed by atoms with Crippen LogP contribution in [0.3, 0.4) is 0 Å². The molecule has 5 rings (SSSR count). The number of nitrogens with zero attached hydrogens (tertiary/aromatic N) is 2. The molecule has 1 N–H and O–H groups in total. The van der Waals surface area contributed by atoms with Crippen molar-refractivity contribution < 1.29 is 23.5 Å². The highest BCUT2D eigenvalue weighted by Gasteiger charge is 2.24. The van der Waals surface area contributed by atoms with Crippen LogP contribution in [0.15, 0.2) is 95.4 Å². The maximum Gasteiger partial charge on any atom is 0.337 e. The van der Waals surface area contributed by atoms with Crippen LogP contribution in [0.1, 0.15) is 26.5 Å². The summed E-state index contributed by atoms with van der Waals surface area (Å²) in [4.78, 5) is 41.9. The quantitative estimate of drug-likeness (QED) is 0.217. The van der Waals surface area contributed by atoms with Crippen LogP contribution in [0, 0.1) is 0 Å². The van der Waals surface area contributed by atoms with Gasteiger partial charge in [-0.25, -0.2) is 4.79 Å². The number of methoxy groups -OCH3 is 1. The molecule has 1 fully saturated rings. The summed E-state index contributed by atoms with van der Waals surface area (Å²) in [6.45, 7) is 2.17. The lowest BCUT2D eigenvalue weighted by Gasteiger charge is -2.37. The Morgan fingerprint density at radius 2 is 1.61 bits per heavy atom. The van der Waals surface area contributed by atoms with E-state index in [2.05, 4.69) is 10.2 Å². The second kappa shape index (κ2) is 12.6. The number of carbonyl (C=O) groups excluding carboxylic acids is 3. The van der Waals surface area contributed by atoms with Gasteiger partial charge in [-0.3, -0.25) is 9.59 Å². The third-order valence-electron chi connectivity index (χ3n) is 6.76. The summed E-state index contributed by atoms with van der Waals surface area (Å²) in [5, 5.41) is 3.52. The number of amides is 2. The molecule has 0 radical (unpaired) electrons. The van der Waals surface area contributed by atoms with Crippen molar-refractivity contribution in [2.45, 2.75) is 0 Å². The van der Waals surface area contributed by atoms with Crippen LogP contribution >= 0.6 is 11.6 Å². The fourth-order valence-electron chi connectivity index (χ4n) is 4.61. The van der Waals surface area contributed by atoms with Gasteiger partial charge in [-0.15, -0.1) is 0 Å². The van der Waals surface area contributed by atoms with E-state index in [1.807, 2.05) is 53.4 Å². The Morgan fingerprint density at radius 3 is 2.32 bits per heavy atom. The minimum Gasteiger partial charge on any atom is -0.465 e. The second-order valence-electron chi connectivity index (χ2n) is 9.40. The number of piperazine rings is 1. The van der Waals surface area contributed by atoms with Crippen LogP contribution in [0.4, 0.5) is 11.4 Å². The molecule has 1 aromatic heterocycles. The molecule has 0 bridgehead atoms. The number of hydrogen-bond donors (Lipinski definition) is 1. The summed E-state index contributed by atoms with van der Waals surface area (Å²) in [7, 11) is 1.31.